The van der Waals surface area contributed by atoms with Gasteiger partial charge in [0.15, 0.2) is 0 Å². The molecule has 3 rings (SSSR count). The lowest BCUT2D eigenvalue weighted by Crippen LogP contribution is -2.58. The Kier molecular flexibility index (Phi) is 11.3. The van der Waals surface area contributed by atoms with Gasteiger partial charge < -0.3 is 19.6 Å². The predicted molar refractivity (Wildman–Crippen MR) is 153 cm³/mol. The molecule has 214 valence electrons. The largest absolute Gasteiger partial charge is 0.465 e. The van der Waals surface area contributed by atoms with Crippen molar-refractivity contribution >= 4 is 29.5 Å². The van der Waals surface area contributed by atoms with Gasteiger partial charge in [0.05, 0.1) is 35.8 Å². The maximum absolute atomic E-state index is 14.4. The molecule has 3 saturated heterocycles. The number of likely N-dealkylation sites (tertiary alicyclic amines) is 1. The Labute approximate surface area is 233 Å². The molecular weight excluding hydrogens is 500 g/mol. The molecule has 3 fully saturated rings. The van der Waals surface area contributed by atoms with Gasteiger partial charge in [0.1, 0.15) is 6.04 Å². The molecular formula is C30H48N2O5S. The number of unbranched alkanes of at least 4 members (excludes halogenated alkanes) is 4. The number of carbonyl (C=O) groups is 3. The summed E-state index contributed by atoms with van der Waals surface area (Å²) in [7, 11) is 0. The van der Waals surface area contributed by atoms with Crippen molar-refractivity contribution in [3.63, 3.8) is 0 Å². The molecule has 7 atom stereocenters. The molecule has 0 radical (unpaired) electrons. The van der Waals surface area contributed by atoms with Crippen molar-refractivity contribution in [1.29, 1.82) is 0 Å². The number of allylic oxidation sites excluding steroid dienone is 1. The van der Waals surface area contributed by atoms with E-state index in [4.69, 9.17) is 4.74 Å². The van der Waals surface area contributed by atoms with Gasteiger partial charge in [-0.05, 0) is 44.4 Å². The Morgan fingerprint density at radius 3 is 2.63 bits per heavy atom. The number of fused-ring (bicyclic) bond motifs is 1. The average molecular weight is 549 g/mol. The maximum atomic E-state index is 14.4. The molecule has 8 heteroatoms. The first-order valence-corrected chi connectivity index (χ1v) is 15.5. The third kappa shape index (κ3) is 5.86. The number of aliphatic hydroxyl groups is 1. The highest BCUT2D eigenvalue weighted by Crippen LogP contribution is 2.67. The second kappa shape index (κ2) is 14.0. The minimum atomic E-state index is -0.701. The zero-order valence-electron chi connectivity index (χ0n) is 23.6. The quantitative estimate of drug-likeness (QED) is 0.163. The minimum Gasteiger partial charge on any atom is -0.465 e. The van der Waals surface area contributed by atoms with Gasteiger partial charge in [0.2, 0.25) is 11.8 Å². The molecule has 3 heterocycles. The Balaban J connectivity index is 1.96. The van der Waals surface area contributed by atoms with Gasteiger partial charge in [-0.1, -0.05) is 52.2 Å². The van der Waals surface area contributed by atoms with E-state index in [1.54, 1.807) is 22.7 Å². The van der Waals surface area contributed by atoms with Crippen molar-refractivity contribution in [2.24, 2.45) is 17.8 Å². The molecule has 1 N–H and O–H groups in total. The van der Waals surface area contributed by atoms with Gasteiger partial charge in [0.25, 0.3) is 0 Å². The third-order valence-corrected chi connectivity index (χ3v) is 10.8. The van der Waals surface area contributed by atoms with Crippen molar-refractivity contribution in [2.45, 2.75) is 101 Å². The van der Waals surface area contributed by atoms with Crippen LogP contribution in [0, 0.1) is 17.8 Å². The summed E-state index contributed by atoms with van der Waals surface area (Å²) in [6.07, 6.45) is 11.4. The van der Waals surface area contributed by atoms with Crippen LogP contribution in [0.2, 0.25) is 0 Å². The van der Waals surface area contributed by atoms with E-state index in [9.17, 15) is 19.5 Å². The number of amides is 2. The number of thioether (sulfide) groups is 1. The van der Waals surface area contributed by atoms with Crippen LogP contribution in [-0.2, 0) is 19.1 Å². The number of esters is 1. The smallest absolute Gasteiger partial charge is 0.310 e. The van der Waals surface area contributed by atoms with Crippen molar-refractivity contribution in [3.8, 4) is 0 Å². The first kappa shape index (κ1) is 30.7. The highest BCUT2D eigenvalue weighted by molar-refractivity contribution is 8.02. The molecule has 0 aromatic heterocycles. The lowest BCUT2D eigenvalue weighted by atomic mass is 9.71. The summed E-state index contributed by atoms with van der Waals surface area (Å²) < 4.78 is 5.03. The van der Waals surface area contributed by atoms with Crippen LogP contribution in [0.4, 0.5) is 0 Å². The van der Waals surface area contributed by atoms with Crippen LogP contribution in [-0.4, -0.2) is 81.1 Å². The number of nitrogens with zero attached hydrogens (tertiary/aromatic N) is 2. The minimum absolute atomic E-state index is 0.0138. The van der Waals surface area contributed by atoms with Gasteiger partial charge in [-0.3, -0.25) is 14.4 Å². The number of carbonyl (C=O) groups excluding carboxylic acids is 3. The van der Waals surface area contributed by atoms with Gasteiger partial charge in [-0.2, -0.15) is 0 Å². The lowest BCUT2D eigenvalue weighted by Gasteiger charge is -2.41. The van der Waals surface area contributed by atoms with Gasteiger partial charge >= 0.3 is 5.97 Å². The molecule has 2 amide bonds. The van der Waals surface area contributed by atoms with Gasteiger partial charge in [-0.15, -0.1) is 24.9 Å². The van der Waals surface area contributed by atoms with Gasteiger partial charge in [0, 0.05) is 18.3 Å². The molecule has 0 aromatic rings. The number of hydrogen-bond donors (Lipinski definition) is 1. The van der Waals surface area contributed by atoms with E-state index in [0.717, 1.165) is 51.4 Å². The Bertz CT molecular complexity index is 866. The molecule has 3 aliphatic heterocycles. The fraction of sp³-hybridized carbons (Fsp3) is 0.767. The number of ether oxygens (including phenoxy) is 1. The van der Waals surface area contributed by atoms with E-state index < -0.39 is 28.7 Å². The lowest BCUT2D eigenvalue weighted by molar-refractivity contribution is -0.155. The Morgan fingerprint density at radius 1 is 1.24 bits per heavy atom. The summed E-state index contributed by atoms with van der Waals surface area (Å²) in [6, 6.07) is -1.18. The van der Waals surface area contributed by atoms with E-state index in [0.29, 0.717) is 26.1 Å². The van der Waals surface area contributed by atoms with Crippen LogP contribution in [0.3, 0.4) is 0 Å². The Morgan fingerprint density at radius 2 is 2.00 bits per heavy atom. The summed E-state index contributed by atoms with van der Waals surface area (Å²) >= 11 is 1.66. The fourth-order valence-corrected chi connectivity index (χ4v) is 8.83. The van der Waals surface area contributed by atoms with Crippen molar-refractivity contribution in [2.75, 3.05) is 26.3 Å². The molecule has 1 spiro atoms. The molecule has 7 nitrogen and oxygen atoms in total. The molecule has 0 saturated carbocycles. The van der Waals surface area contributed by atoms with Crippen molar-refractivity contribution < 1.29 is 24.2 Å². The monoisotopic (exact) mass is 548 g/mol. The molecule has 3 aliphatic rings. The second-order valence-electron chi connectivity index (χ2n) is 11.2. The van der Waals surface area contributed by atoms with Crippen LogP contribution >= 0.6 is 11.8 Å². The van der Waals surface area contributed by atoms with Crippen molar-refractivity contribution in [1.82, 2.24) is 9.80 Å². The third-order valence-electron chi connectivity index (χ3n) is 8.83. The molecule has 0 aromatic carbocycles. The van der Waals surface area contributed by atoms with Gasteiger partial charge in [-0.25, -0.2) is 0 Å². The summed E-state index contributed by atoms with van der Waals surface area (Å²) in [4.78, 5) is 45.5. The first-order valence-electron chi connectivity index (χ1n) is 14.6. The second-order valence-corrected chi connectivity index (χ2v) is 12.8. The highest BCUT2D eigenvalue weighted by Gasteiger charge is 2.75. The van der Waals surface area contributed by atoms with E-state index >= 15 is 0 Å². The SMILES string of the molecule is C=CCCCCOC(=O)[C@@H]1[C@@H]2CCC3(S2)C(C(=O)N(CC=C)CCCCC)N([C@@H](CO)[C@@H](C)CC)C(=O)[C@H]13. The molecule has 0 aliphatic carbocycles. The highest BCUT2D eigenvalue weighted by atomic mass is 32.2. The van der Waals surface area contributed by atoms with E-state index in [2.05, 4.69) is 20.1 Å². The first-order chi connectivity index (χ1) is 18.3. The van der Waals surface area contributed by atoms with Crippen LogP contribution in [0.15, 0.2) is 25.3 Å². The van der Waals surface area contributed by atoms with Crippen LogP contribution < -0.4 is 0 Å². The number of aliphatic hydroxyl groups excluding tert-OH is 1. The fourth-order valence-electron chi connectivity index (χ4n) is 6.64. The zero-order chi connectivity index (χ0) is 27.9. The summed E-state index contributed by atoms with van der Waals surface area (Å²) in [5.41, 5.74) is 0. The van der Waals surface area contributed by atoms with E-state index in [1.165, 1.54) is 0 Å². The standard InChI is InChI=1S/C30H48N2O5S/c1-6-10-12-14-19-37-29(36)24-23-15-16-30(38-23)25(24)27(34)32(22(20-33)21(5)9-4)26(30)28(35)31(17-8-3)18-13-11-7-2/h6,8,21-26,33H,1,3,7,9-20H2,2,4-5H3/t21-,22-,23-,24+,25-,26?,30?/m0/s1. The number of hydrogen-bond acceptors (Lipinski definition) is 6. The predicted octanol–water partition coefficient (Wildman–Crippen LogP) is 4.59. The zero-order valence-corrected chi connectivity index (χ0v) is 24.4. The summed E-state index contributed by atoms with van der Waals surface area (Å²) in [5, 5.41) is 10.5. The normalized spacial score (nSPS) is 29.2. The summed E-state index contributed by atoms with van der Waals surface area (Å²) in [6.45, 7) is 14.9. The topological polar surface area (TPSA) is 87.2 Å². The van der Waals surface area contributed by atoms with Crippen LogP contribution in [0.1, 0.15) is 78.6 Å². The van der Waals surface area contributed by atoms with Crippen LogP contribution in [0.5, 0.6) is 0 Å². The average Bonchev–Trinajstić information content (AvgIpc) is 3.55. The molecule has 2 unspecified atom stereocenters. The van der Waals surface area contributed by atoms with Crippen molar-refractivity contribution in [3.05, 3.63) is 25.3 Å². The number of rotatable bonds is 17. The molecule has 38 heavy (non-hydrogen) atoms. The van der Waals surface area contributed by atoms with Crippen LogP contribution in [0.25, 0.3) is 0 Å². The van der Waals surface area contributed by atoms with E-state index in [-0.39, 0.29) is 35.6 Å². The maximum Gasteiger partial charge on any atom is 0.310 e. The Hall–Kier alpha value is -1.80. The van der Waals surface area contributed by atoms with E-state index in [1.807, 2.05) is 24.8 Å². The summed E-state index contributed by atoms with van der Waals surface area (Å²) in [5.74, 6) is -1.70. The molecule has 2 bridgehead atoms.